The summed E-state index contributed by atoms with van der Waals surface area (Å²) in [4.78, 5) is 12.1. The fraction of sp³-hybridized carbons (Fsp3) is 0.500. The second-order valence-corrected chi connectivity index (χ2v) is 4.89. The standard InChI is InChI=1S/C14H19NO3/c1-8(2)11-5-9-6-12(17-3)13(18-4)7-10(9)14(16)15-11/h6-8,11H,5H2,1-4H3,(H,15,16). The van der Waals surface area contributed by atoms with Crippen molar-refractivity contribution in [3.63, 3.8) is 0 Å². The summed E-state index contributed by atoms with van der Waals surface area (Å²) in [5.41, 5.74) is 1.71. The van der Waals surface area contributed by atoms with E-state index in [1.165, 1.54) is 0 Å². The Bertz CT molecular complexity index is 468. The maximum absolute atomic E-state index is 12.1. The number of carbonyl (C=O) groups excluding carboxylic acids is 1. The van der Waals surface area contributed by atoms with Crippen LogP contribution in [0.3, 0.4) is 0 Å². The minimum absolute atomic E-state index is 0.0316. The fourth-order valence-electron chi connectivity index (χ4n) is 2.24. The van der Waals surface area contributed by atoms with Gasteiger partial charge in [-0.25, -0.2) is 0 Å². The van der Waals surface area contributed by atoms with E-state index in [1.54, 1.807) is 20.3 Å². The highest BCUT2D eigenvalue weighted by Crippen LogP contribution is 2.33. The number of hydrogen-bond donors (Lipinski definition) is 1. The van der Waals surface area contributed by atoms with Crippen LogP contribution in [-0.2, 0) is 6.42 Å². The Morgan fingerprint density at radius 2 is 1.83 bits per heavy atom. The summed E-state index contributed by atoms with van der Waals surface area (Å²) >= 11 is 0. The summed E-state index contributed by atoms with van der Waals surface area (Å²) in [7, 11) is 3.18. The van der Waals surface area contributed by atoms with Gasteiger partial charge in [0.25, 0.3) is 5.91 Å². The molecule has 0 spiro atoms. The molecule has 0 radical (unpaired) electrons. The number of amides is 1. The van der Waals surface area contributed by atoms with Crippen molar-refractivity contribution in [2.45, 2.75) is 26.3 Å². The molecule has 98 valence electrons. The SMILES string of the molecule is COc1cc2c(cc1OC)C(=O)NC(C(C)C)C2. The maximum Gasteiger partial charge on any atom is 0.251 e. The molecule has 0 saturated heterocycles. The summed E-state index contributed by atoms with van der Waals surface area (Å²) in [5.74, 6) is 1.65. The topological polar surface area (TPSA) is 47.6 Å². The average molecular weight is 249 g/mol. The Morgan fingerprint density at radius 1 is 1.22 bits per heavy atom. The molecule has 1 heterocycles. The zero-order valence-electron chi connectivity index (χ0n) is 11.2. The van der Waals surface area contributed by atoms with Crippen molar-refractivity contribution in [3.8, 4) is 11.5 Å². The minimum Gasteiger partial charge on any atom is -0.493 e. The predicted molar refractivity (Wildman–Crippen MR) is 69.3 cm³/mol. The van der Waals surface area contributed by atoms with Crippen LogP contribution in [0.4, 0.5) is 0 Å². The van der Waals surface area contributed by atoms with Crippen molar-refractivity contribution in [1.29, 1.82) is 0 Å². The third kappa shape index (κ3) is 2.15. The van der Waals surface area contributed by atoms with E-state index in [0.29, 0.717) is 23.0 Å². The van der Waals surface area contributed by atoms with Gasteiger partial charge in [0.05, 0.1) is 14.2 Å². The van der Waals surface area contributed by atoms with Gasteiger partial charge in [-0.3, -0.25) is 4.79 Å². The highest BCUT2D eigenvalue weighted by molar-refractivity contribution is 5.97. The van der Waals surface area contributed by atoms with Crippen molar-refractivity contribution in [1.82, 2.24) is 5.32 Å². The van der Waals surface area contributed by atoms with E-state index in [0.717, 1.165) is 12.0 Å². The van der Waals surface area contributed by atoms with Crippen molar-refractivity contribution in [3.05, 3.63) is 23.3 Å². The molecule has 18 heavy (non-hydrogen) atoms. The first-order valence-corrected chi connectivity index (χ1v) is 6.12. The summed E-state index contributed by atoms with van der Waals surface area (Å²) in [6.45, 7) is 4.22. The van der Waals surface area contributed by atoms with Gasteiger partial charge < -0.3 is 14.8 Å². The lowest BCUT2D eigenvalue weighted by Gasteiger charge is -2.29. The van der Waals surface area contributed by atoms with E-state index < -0.39 is 0 Å². The van der Waals surface area contributed by atoms with Crippen molar-refractivity contribution in [2.24, 2.45) is 5.92 Å². The molecule has 1 aliphatic rings. The second-order valence-electron chi connectivity index (χ2n) is 4.89. The third-order valence-electron chi connectivity index (χ3n) is 3.42. The molecule has 1 aliphatic heterocycles. The van der Waals surface area contributed by atoms with Crippen molar-refractivity contribution >= 4 is 5.91 Å². The van der Waals surface area contributed by atoms with Crippen LogP contribution in [0.25, 0.3) is 0 Å². The minimum atomic E-state index is -0.0316. The van der Waals surface area contributed by atoms with Crippen LogP contribution >= 0.6 is 0 Å². The lowest BCUT2D eigenvalue weighted by Crippen LogP contribution is -2.44. The molecule has 0 fully saturated rings. The quantitative estimate of drug-likeness (QED) is 0.891. The number of fused-ring (bicyclic) bond motifs is 1. The van der Waals surface area contributed by atoms with Crippen LogP contribution < -0.4 is 14.8 Å². The van der Waals surface area contributed by atoms with Crippen LogP contribution in [0.1, 0.15) is 29.8 Å². The van der Waals surface area contributed by atoms with E-state index in [4.69, 9.17) is 9.47 Å². The van der Waals surface area contributed by atoms with Gasteiger partial charge in [0.15, 0.2) is 11.5 Å². The van der Waals surface area contributed by atoms with Crippen LogP contribution in [0.15, 0.2) is 12.1 Å². The number of methoxy groups -OCH3 is 2. The first-order chi connectivity index (χ1) is 8.56. The van der Waals surface area contributed by atoms with Gasteiger partial charge in [-0.15, -0.1) is 0 Å². The molecular formula is C14H19NO3. The van der Waals surface area contributed by atoms with Crippen LogP contribution in [0.5, 0.6) is 11.5 Å². The van der Waals surface area contributed by atoms with E-state index in [-0.39, 0.29) is 11.9 Å². The normalized spacial score (nSPS) is 18.3. The number of benzene rings is 1. The fourth-order valence-corrected chi connectivity index (χ4v) is 2.24. The van der Waals surface area contributed by atoms with Gasteiger partial charge in [-0.1, -0.05) is 13.8 Å². The molecule has 1 aromatic carbocycles. The van der Waals surface area contributed by atoms with Gasteiger partial charge in [-0.2, -0.15) is 0 Å². The van der Waals surface area contributed by atoms with Crippen LogP contribution in [-0.4, -0.2) is 26.2 Å². The van der Waals surface area contributed by atoms with Gasteiger partial charge in [0.2, 0.25) is 0 Å². The zero-order valence-corrected chi connectivity index (χ0v) is 11.2. The highest BCUT2D eigenvalue weighted by atomic mass is 16.5. The molecule has 0 aromatic heterocycles. The van der Waals surface area contributed by atoms with Crippen molar-refractivity contribution in [2.75, 3.05) is 14.2 Å². The molecule has 1 amide bonds. The van der Waals surface area contributed by atoms with Crippen LogP contribution in [0.2, 0.25) is 0 Å². The molecule has 0 bridgehead atoms. The molecule has 4 nitrogen and oxygen atoms in total. The zero-order chi connectivity index (χ0) is 13.3. The summed E-state index contributed by atoms with van der Waals surface area (Å²) in [6, 6.07) is 3.84. The third-order valence-corrected chi connectivity index (χ3v) is 3.42. The smallest absolute Gasteiger partial charge is 0.251 e. The van der Waals surface area contributed by atoms with Gasteiger partial charge in [0, 0.05) is 11.6 Å². The Balaban J connectivity index is 2.44. The number of rotatable bonds is 3. The summed E-state index contributed by atoms with van der Waals surface area (Å²) < 4.78 is 10.5. The lowest BCUT2D eigenvalue weighted by molar-refractivity contribution is 0.0912. The Hall–Kier alpha value is -1.71. The number of ether oxygens (including phenoxy) is 2. The lowest BCUT2D eigenvalue weighted by atomic mass is 9.89. The molecular weight excluding hydrogens is 230 g/mol. The maximum atomic E-state index is 12.1. The first-order valence-electron chi connectivity index (χ1n) is 6.12. The molecule has 4 heteroatoms. The summed E-state index contributed by atoms with van der Waals surface area (Å²) in [5, 5.41) is 3.03. The molecule has 2 rings (SSSR count). The predicted octanol–water partition coefficient (Wildman–Crippen LogP) is 2.01. The molecule has 1 atom stereocenters. The van der Waals surface area contributed by atoms with Crippen molar-refractivity contribution < 1.29 is 14.3 Å². The molecule has 1 N–H and O–H groups in total. The van der Waals surface area contributed by atoms with E-state index in [1.807, 2.05) is 6.07 Å². The van der Waals surface area contributed by atoms with Crippen LogP contribution in [0, 0.1) is 5.92 Å². The van der Waals surface area contributed by atoms with Gasteiger partial charge >= 0.3 is 0 Å². The van der Waals surface area contributed by atoms with E-state index in [9.17, 15) is 4.79 Å². The first kappa shape index (κ1) is 12.7. The average Bonchev–Trinajstić information content (AvgIpc) is 2.36. The molecule has 1 aromatic rings. The monoisotopic (exact) mass is 249 g/mol. The molecule has 1 unspecified atom stereocenters. The molecule has 0 aliphatic carbocycles. The molecule has 0 saturated carbocycles. The number of hydrogen-bond acceptors (Lipinski definition) is 3. The van der Waals surface area contributed by atoms with E-state index >= 15 is 0 Å². The summed E-state index contributed by atoms with van der Waals surface area (Å²) in [6.07, 6.45) is 0.832. The van der Waals surface area contributed by atoms with Gasteiger partial charge in [0.1, 0.15) is 0 Å². The highest BCUT2D eigenvalue weighted by Gasteiger charge is 2.27. The Morgan fingerprint density at radius 3 is 2.39 bits per heavy atom. The largest absolute Gasteiger partial charge is 0.493 e. The second kappa shape index (κ2) is 4.88. The Labute approximate surface area is 107 Å². The number of carbonyl (C=O) groups is 1. The number of nitrogens with one attached hydrogen (secondary N) is 1. The van der Waals surface area contributed by atoms with E-state index in [2.05, 4.69) is 19.2 Å². The van der Waals surface area contributed by atoms with Gasteiger partial charge in [-0.05, 0) is 30.0 Å². The Kier molecular flexibility index (Phi) is 3.45.